The number of nitrogens with one attached hydrogen (secondary N) is 1. The van der Waals surface area contributed by atoms with Gasteiger partial charge in [0.1, 0.15) is 0 Å². The van der Waals surface area contributed by atoms with Gasteiger partial charge in [-0.3, -0.25) is 9.48 Å². The monoisotopic (exact) mass is 348 g/mol. The molecule has 1 aromatic heterocycles. The normalized spacial score (nSPS) is 15.1. The summed E-state index contributed by atoms with van der Waals surface area (Å²) in [5.41, 5.74) is 1.87. The molecule has 3 rings (SSSR count). The highest BCUT2D eigenvalue weighted by atomic mass is 35.5. The van der Waals surface area contributed by atoms with E-state index in [1.165, 1.54) is 5.56 Å². The van der Waals surface area contributed by atoms with Gasteiger partial charge in [-0.2, -0.15) is 5.10 Å². The number of rotatable bonds is 5. The fourth-order valence-corrected chi connectivity index (χ4v) is 3.14. The molecule has 1 saturated heterocycles. The van der Waals surface area contributed by atoms with Crippen LogP contribution >= 0.6 is 12.4 Å². The van der Waals surface area contributed by atoms with Gasteiger partial charge in [0.2, 0.25) is 0 Å². The number of hydrogen-bond donors (Lipinski definition) is 1. The SMILES string of the molecule is CNCC1CCN(C(=O)c2cnn(Cc3ccccc3)c2)CC1.Cl. The van der Waals surface area contributed by atoms with E-state index in [2.05, 4.69) is 22.5 Å². The number of carbonyl (C=O) groups excluding carboxylic acids is 1. The molecular weight excluding hydrogens is 324 g/mol. The Hall–Kier alpha value is -1.85. The predicted octanol–water partition coefficient (Wildman–Crippen LogP) is 2.42. The highest BCUT2D eigenvalue weighted by molar-refractivity contribution is 5.93. The molecule has 1 aliphatic rings. The van der Waals surface area contributed by atoms with Crippen molar-refractivity contribution in [2.24, 2.45) is 5.92 Å². The van der Waals surface area contributed by atoms with Crippen molar-refractivity contribution < 1.29 is 4.79 Å². The lowest BCUT2D eigenvalue weighted by Crippen LogP contribution is -2.40. The molecule has 0 atom stereocenters. The van der Waals surface area contributed by atoms with Gasteiger partial charge in [0, 0.05) is 19.3 Å². The van der Waals surface area contributed by atoms with E-state index < -0.39 is 0 Å². The predicted molar refractivity (Wildman–Crippen MR) is 97.6 cm³/mol. The topological polar surface area (TPSA) is 50.2 Å². The number of aromatic nitrogens is 2. The molecule has 24 heavy (non-hydrogen) atoms. The van der Waals surface area contributed by atoms with Crippen molar-refractivity contribution in [1.29, 1.82) is 0 Å². The van der Waals surface area contributed by atoms with Crippen molar-refractivity contribution in [3.8, 4) is 0 Å². The van der Waals surface area contributed by atoms with Gasteiger partial charge in [0.15, 0.2) is 0 Å². The first-order valence-electron chi connectivity index (χ1n) is 8.26. The Labute approximate surface area is 149 Å². The van der Waals surface area contributed by atoms with Crippen LogP contribution < -0.4 is 5.32 Å². The number of piperidine rings is 1. The quantitative estimate of drug-likeness (QED) is 0.902. The highest BCUT2D eigenvalue weighted by Gasteiger charge is 2.24. The van der Waals surface area contributed by atoms with Gasteiger partial charge >= 0.3 is 0 Å². The van der Waals surface area contributed by atoms with Crippen LogP contribution in [0.15, 0.2) is 42.7 Å². The Balaban J connectivity index is 0.00000208. The van der Waals surface area contributed by atoms with Gasteiger partial charge in [0.05, 0.1) is 18.3 Å². The second-order valence-electron chi connectivity index (χ2n) is 6.21. The largest absolute Gasteiger partial charge is 0.339 e. The Kier molecular flexibility index (Phi) is 6.82. The van der Waals surface area contributed by atoms with Crippen LogP contribution in [-0.2, 0) is 6.54 Å². The summed E-state index contributed by atoms with van der Waals surface area (Å²) in [6.07, 6.45) is 5.69. The third-order valence-corrected chi connectivity index (χ3v) is 4.46. The van der Waals surface area contributed by atoms with Crippen molar-refractivity contribution in [2.75, 3.05) is 26.7 Å². The van der Waals surface area contributed by atoms with Crippen LogP contribution in [0.2, 0.25) is 0 Å². The molecular formula is C18H25ClN4O. The number of carbonyl (C=O) groups is 1. The van der Waals surface area contributed by atoms with E-state index in [-0.39, 0.29) is 18.3 Å². The summed E-state index contributed by atoms with van der Waals surface area (Å²) in [5, 5.41) is 7.55. The number of nitrogens with zero attached hydrogens (tertiary/aromatic N) is 3. The first kappa shape index (κ1) is 18.5. The van der Waals surface area contributed by atoms with Gasteiger partial charge in [-0.1, -0.05) is 30.3 Å². The van der Waals surface area contributed by atoms with Gasteiger partial charge < -0.3 is 10.2 Å². The van der Waals surface area contributed by atoms with Crippen molar-refractivity contribution in [3.63, 3.8) is 0 Å². The van der Waals surface area contributed by atoms with E-state index in [1.807, 2.05) is 41.0 Å². The molecule has 5 nitrogen and oxygen atoms in total. The van der Waals surface area contributed by atoms with Gasteiger partial charge in [-0.15, -0.1) is 12.4 Å². The van der Waals surface area contributed by atoms with Crippen molar-refractivity contribution in [2.45, 2.75) is 19.4 Å². The highest BCUT2D eigenvalue weighted by Crippen LogP contribution is 2.18. The van der Waals surface area contributed by atoms with Crippen LogP contribution in [0, 0.1) is 5.92 Å². The number of amides is 1. The molecule has 1 fully saturated rings. The van der Waals surface area contributed by atoms with Crippen LogP contribution in [-0.4, -0.2) is 47.3 Å². The molecule has 6 heteroatoms. The molecule has 1 aliphatic heterocycles. The summed E-state index contributed by atoms with van der Waals surface area (Å²) in [6, 6.07) is 10.2. The summed E-state index contributed by atoms with van der Waals surface area (Å²) >= 11 is 0. The third kappa shape index (κ3) is 4.58. The Bertz CT molecular complexity index is 635. The van der Waals surface area contributed by atoms with E-state index in [0.29, 0.717) is 18.0 Å². The third-order valence-electron chi connectivity index (χ3n) is 4.46. The second kappa shape index (κ2) is 8.85. The zero-order valence-corrected chi connectivity index (χ0v) is 14.8. The lowest BCUT2D eigenvalue weighted by atomic mass is 9.96. The van der Waals surface area contributed by atoms with E-state index in [4.69, 9.17) is 0 Å². The van der Waals surface area contributed by atoms with Crippen LogP contribution in [0.4, 0.5) is 0 Å². The summed E-state index contributed by atoms with van der Waals surface area (Å²) in [6.45, 7) is 3.42. The second-order valence-corrected chi connectivity index (χ2v) is 6.21. The fraction of sp³-hybridized carbons (Fsp3) is 0.444. The molecule has 0 aliphatic carbocycles. The summed E-state index contributed by atoms with van der Waals surface area (Å²) in [5.74, 6) is 0.789. The van der Waals surface area contributed by atoms with Gasteiger partial charge in [0.25, 0.3) is 5.91 Å². The minimum Gasteiger partial charge on any atom is -0.339 e. The lowest BCUT2D eigenvalue weighted by Gasteiger charge is -2.31. The molecule has 2 heterocycles. The molecule has 0 spiro atoms. The summed E-state index contributed by atoms with van der Waals surface area (Å²) in [7, 11) is 1.98. The summed E-state index contributed by atoms with van der Waals surface area (Å²) < 4.78 is 1.83. The smallest absolute Gasteiger partial charge is 0.257 e. The van der Waals surface area contributed by atoms with E-state index >= 15 is 0 Å². The minimum atomic E-state index is 0. The number of benzene rings is 1. The maximum atomic E-state index is 12.6. The van der Waals surface area contributed by atoms with Crippen LogP contribution in [0.25, 0.3) is 0 Å². The minimum absolute atomic E-state index is 0. The van der Waals surface area contributed by atoms with Gasteiger partial charge in [-0.05, 0) is 37.9 Å². The lowest BCUT2D eigenvalue weighted by molar-refractivity contribution is 0.0691. The zero-order valence-electron chi connectivity index (χ0n) is 14.0. The van der Waals surface area contributed by atoms with Crippen LogP contribution in [0.5, 0.6) is 0 Å². The Morgan fingerprint density at radius 2 is 1.96 bits per heavy atom. The Morgan fingerprint density at radius 1 is 1.25 bits per heavy atom. The standard InChI is InChI=1S/C18H24N4O.ClH/c1-19-11-15-7-9-21(10-8-15)18(23)17-12-20-22(14-17)13-16-5-3-2-4-6-16;/h2-6,12,14-15,19H,7-11,13H2,1H3;1H. The first-order valence-corrected chi connectivity index (χ1v) is 8.26. The zero-order chi connectivity index (χ0) is 16.1. The fourth-order valence-electron chi connectivity index (χ4n) is 3.14. The average molecular weight is 349 g/mol. The van der Waals surface area contributed by atoms with Crippen molar-refractivity contribution in [3.05, 3.63) is 53.9 Å². The molecule has 1 aromatic carbocycles. The summed E-state index contributed by atoms with van der Waals surface area (Å²) in [4.78, 5) is 14.5. The molecule has 130 valence electrons. The Morgan fingerprint density at radius 3 is 2.62 bits per heavy atom. The van der Waals surface area contributed by atoms with E-state index in [1.54, 1.807) is 6.20 Å². The maximum Gasteiger partial charge on any atom is 0.257 e. The number of halogens is 1. The van der Waals surface area contributed by atoms with E-state index in [9.17, 15) is 4.79 Å². The molecule has 1 N–H and O–H groups in total. The number of hydrogen-bond acceptors (Lipinski definition) is 3. The van der Waals surface area contributed by atoms with E-state index in [0.717, 1.165) is 32.5 Å². The number of likely N-dealkylation sites (tertiary alicyclic amines) is 1. The molecule has 2 aromatic rings. The van der Waals surface area contributed by atoms with Crippen molar-refractivity contribution in [1.82, 2.24) is 20.0 Å². The average Bonchev–Trinajstić information content (AvgIpc) is 3.05. The van der Waals surface area contributed by atoms with Crippen LogP contribution in [0.3, 0.4) is 0 Å². The van der Waals surface area contributed by atoms with Crippen LogP contribution in [0.1, 0.15) is 28.8 Å². The molecule has 1 amide bonds. The molecule has 0 unspecified atom stereocenters. The van der Waals surface area contributed by atoms with Gasteiger partial charge in [-0.25, -0.2) is 0 Å². The molecule has 0 bridgehead atoms. The maximum absolute atomic E-state index is 12.6. The molecule has 0 saturated carbocycles. The first-order chi connectivity index (χ1) is 11.3. The van der Waals surface area contributed by atoms with Crippen molar-refractivity contribution >= 4 is 18.3 Å². The molecule has 0 radical (unpaired) electrons.